The van der Waals surface area contributed by atoms with E-state index in [1.165, 1.54) is 0 Å². The quantitative estimate of drug-likeness (QED) is 0.570. The minimum Gasteiger partial charge on any atom is -0.426 e. The molecule has 0 saturated carbocycles. The van der Waals surface area contributed by atoms with Gasteiger partial charge >= 0.3 is 6.09 Å². The van der Waals surface area contributed by atoms with Gasteiger partial charge in [0.1, 0.15) is 0 Å². The first-order valence-corrected chi connectivity index (χ1v) is 4.42. The summed E-state index contributed by atoms with van der Waals surface area (Å²) in [6.45, 7) is 0.125. The lowest BCUT2D eigenvalue weighted by Gasteiger charge is -2.12. The van der Waals surface area contributed by atoms with Gasteiger partial charge in [-0.3, -0.25) is 5.73 Å². The molecule has 3 N–H and O–H groups in total. The zero-order chi connectivity index (χ0) is 11.1. The lowest BCUT2D eigenvalue weighted by molar-refractivity contribution is 0.102. The summed E-state index contributed by atoms with van der Waals surface area (Å²) < 4.78 is 4.87. The van der Waals surface area contributed by atoms with Crippen LogP contribution in [0.1, 0.15) is 11.8 Å². The van der Waals surface area contributed by atoms with Crippen molar-refractivity contribution in [3.05, 3.63) is 35.9 Å². The maximum Gasteiger partial charge on any atom is 0.409 e. The van der Waals surface area contributed by atoms with Crippen LogP contribution in [0.25, 0.3) is 0 Å². The van der Waals surface area contributed by atoms with Gasteiger partial charge in [-0.25, -0.2) is 4.79 Å². The number of carbonyl (C=O) groups is 1. The number of amides is 1. The molecule has 4 nitrogen and oxygen atoms in total. The van der Waals surface area contributed by atoms with Gasteiger partial charge in [0.05, 0.1) is 6.54 Å². The van der Waals surface area contributed by atoms with Gasteiger partial charge in [0.25, 0.3) is 0 Å². The Hall–Kier alpha value is -1.99. The fraction of sp³-hybridized carbons (Fsp3) is 0.182. The Morgan fingerprint density at radius 1 is 1.53 bits per heavy atom. The van der Waals surface area contributed by atoms with E-state index in [0.29, 0.717) is 0 Å². The largest absolute Gasteiger partial charge is 0.426 e. The van der Waals surface area contributed by atoms with Crippen LogP contribution in [0.4, 0.5) is 4.79 Å². The molecular formula is C11H12N2O2. The number of benzene rings is 1. The zero-order valence-corrected chi connectivity index (χ0v) is 8.14. The van der Waals surface area contributed by atoms with Crippen molar-refractivity contribution in [2.75, 3.05) is 6.54 Å². The van der Waals surface area contributed by atoms with Gasteiger partial charge in [0.2, 0.25) is 0 Å². The summed E-state index contributed by atoms with van der Waals surface area (Å²) in [5, 5.41) is 2.36. The Balaban J connectivity index is 2.46. The fourth-order valence-electron chi connectivity index (χ4n) is 0.991. The molecule has 0 bridgehead atoms. The Morgan fingerprint density at radius 3 is 2.80 bits per heavy atom. The Labute approximate surface area is 88.4 Å². The third-order valence-electron chi connectivity index (χ3n) is 1.70. The van der Waals surface area contributed by atoms with Crippen molar-refractivity contribution >= 4 is 6.09 Å². The lowest BCUT2D eigenvalue weighted by Crippen LogP contribution is -2.29. The molecule has 0 radical (unpaired) electrons. The van der Waals surface area contributed by atoms with Crippen LogP contribution in [-0.2, 0) is 4.74 Å². The summed E-state index contributed by atoms with van der Waals surface area (Å²) in [7, 11) is 0. The zero-order valence-electron chi connectivity index (χ0n) is 8.14. The molecule has 0 aliphatic heterocycles. The van der Waals surface area contributed by atoms with Crippen LogP contribution in [-0.4, -0.2) is 12.6 Å². The molecule has 0 heterocycles. The molecule has 1 aromatic carbocycles. The molecule has 4 heteroatoms. The van der Waals surface area contributed by atoms with Gasteiger partial charge in [-0.1, -0.05) is 36.3 Å². The fourth-order valence-corrected chi connectivity index (χ4v) is 0.991. The van der Waals surface area contributed by atoms with Crippen molar-refractivity contribution in [1.82, 2.24) is 5.32 Å². The molecule has 0 spiro atoms. The highest BCUT2D eigenvalue weighted by atomic mass is 16.6. The third-order valence-corrected chi connectivity index (χ3v) is 1.70. The maximum atomic E-state index is 11.1. The molecule has 1 aromatic rings. The highest BCUT2D eigenvalue weighted by molar-refractivity contribution is 5.67. The van der Waals surface area contributed by atoms with Crippen LogP contribution in [0.2, 0.25) is 0 Å². The van der Waals surface area contributed by atoms with E-state index in [9.17, 15) is 4.79 Å². The van der Waals surface area contributed by atoms with E-state index in [2.05, 4.69) is 11.2 Å². The molecule has 0 aromatic heterocycles. The van der Waals surface area contributed by atoms with Crippen molar-refractivity contribution in [3.63, 3.8) is 0 Å². The molecular weight excluding hydrogens is 192 g/mol. The van der Waals surface area contributed by atoms with Gasteiger partial charge in [0, 0.05) is 5.56 Å². The normalized spacial score (nSPS) is 11.2. The summed E-state index contributed by atoms with van der Waals surface area (Å²) >= 11 is 0. The monoisotopic (exact) mass is 204 g/mol. The number of rotatable bonds is 3. The van der Waals surface area contributed by atoms with E-state index >= 15 is 0 Å². The average Bonchev–Trinajstić information content (AvgIpc) is 2.27. The molecule has 1 rings (SSSR count). The number of hydrogen-bond donors (Lipinski definition) is 2. The number of ether oxygens (including phenoxy) is 1. The Morgan fingerprint density at radius 2 is 2.20 bits per heavy atom. The van der Waals surface area contributed by atoms with Crippen molar-refractivity contribution in [2.45, 2.75) is 6.23 Å². The first kappa shape index (κ1) is 11.1. The summed E-state index contributed by atoms with van der Waals surface area (Å²) in [5.41, 5.74) is 6.36. The van der Waals surface area contributed by atoms with Crippen LogP contribution in [0.5, 0.6) is 0 Å². The SMILES string of the molecule is C#CCNC(=O)OC(N)c1ccccc1. The first-order valence-electron chi connectivity index (χ1n) is 4.42. The van der Waals surface area contributed by atoms with Crippen molar-refractivity contribution in [3.8, 4) is 12.3 Å². The molecule has 0 fully saturated rings. The second kappa shape index (κ2) is 5.68. The number of carbonyl (C=O) groups excluding carboxylic acids is 1. The predicted molar refractivity (Wildman–Crippen MR) is 56.7 cm³/mol. The second-order valence-electron chi connectivity index (χ2n) is 2.79. The Kier molecular flexibility index (Phi) is 4.20. The van der Waals surface area contributed by atoms with Crippen LogP contribution in [0.3, 0.4) is 0 Å². The lowest BCUT2D eigenvalue weighted by atomic mass is 10.2. The molecule has 1 atom stereocenters. The van der Waals surface area contributed by atoms with Gasteiger partial charge in [-0.2, -0.15) is 0 Å². The van der Waals surface area contributed by atoms with Gasteiger partial charge in [-0.15, -0.1) is 6.42 Å². The van der Waals surface area contributed by atoms with E-state index in [0.717, 1.165) is 5.56 Å². The smallest absolute Gasteiger partial charge is 0.409 e. The van der Waals surface area contributed by atoms with Gasteiger partial charge in [-0.05, 0) is 0 Å². The van der Waals surface area contributed by atoms with Gasteiger partial charge < -0.3 is 10.1 Å². The van der Waals surface area contributed by atoms with Crippen LogP contribution in [0.15, 0.2) is 30.3 Å². The maximum absolute atomic E-state index is 11.1. The molecule has 78 valence electrons. The van der Waals surface area contributed by atoms with E-state index in [1.807, 2.05) is 18.2 Å². The second-order valence-corrected chi connectivity index (χ2v) is 2.79. The van der Waals surface area contributed by atoms with E-state index in [4.69, 9.17) is 16.9 Å². The topological polar surface area (TPSA) is 64.3 Å². The number of nitrogens with two attached hydrogens (primary N) is 1. The Bertz CT molecular complexity index is 357. The van der Waals surface area contributed by atoms with Crippen molar-refractivity contribution in [1.29, 1.82) is 0 Å². The number of terminal acetylenes is 1. The summed E-state index contributed by atoms with van der Waals surface area (Å²) in [5.74, 6) is 2.26. The molecule has 15 heavy (non-hydrogen) atoms. The average molecular weight is 204 g/mol. The van der Waals surface area contributed by atoms with E-state index < -0.39 is 12.3 Å². The molecule has 0 saturated heterocycles. The number of hydrogen-bond acceptors (Lipinski definition) is 3. The van der Waals surface area contributed by atoms with Crippen LogP contribution < -0.4 is 11.1 Å². The summed E-state index contributed by atoms with van der Waals surface area (Å²) in [4.78, 5) is 11.1. The van der Waals surface area contributed by atoms with Gasteiger partial charge in [0.15, 0.2) is 6.23 Å². The molecule has 1 unspecified atom stereocenters. The minimum atomic E-state index is -0.774. The summed E-state index contributed by atoms with van der Waals surface area (Å²) in [6.07, 6.45) is 3.57. The predicted octanol–water partition coefficient (Wildman–Crippen LogP) is 1.00. The third kappa shape index (κ3) is 3.71. The standard InChI is InChI=1S/C11H12N2O2/c1-2-8-13-11(14)15-10(12)9-6-4-3-5-7-9/h1,3-7,10H,8,12H2,(H,13,14). The van der Waals surface area contributed by atoms with Crippen molar-refractivity contribution in [2.24, 2.45) is 5.73 Å². The first-order chi connectivity index (χ1) is 7.24. The highest BCUT2D eigenvalue weighted by Gasteiger charge is 2.10. The van der Waals surface area contributed by atoms with Crippen LogP contribution in [0, 0.1) is 12.3 Å². The number of nitrogens with one attached hydrogen (secondary N) is 1. The number of alkyl carbamates (subject to hydrolysis) is 1. The molecule has 1 amide bonds. The van der Waals surface area contributed by atoms with Crippen LogP contribution >= 0.6 is 0 Å². The van der Waals surface area contributed by atoms with E-state index in [1.54, 1.807) is 12.1 Å². The van der Waals surface area contributed by atoms with Crippen molar-refractivity contribution < 1.29 is 9.53 Å². The highest BCUT2D eigenvalue weighted by Crippen LogP contribution is 2.10. The summed E-state index contributed by atoms with van der Waals surface area (Å²) in [6, 6.07) is 9.04. The minimum absolute atomic E-state index is 0.125. The molecule has 0 aliphatic carbocycles. The van der Waals surface area contributed by atoms with E-state index in [-0.39, 0.29) is 6.54 Å². The molecule has 0 aliphatic rings.